The molecular formula is C9H13NO. The summed E-state index contributed by atoms with van der Waals surface area (Å²) in [5.41, 5.74) is 0. The molecule has 3 unspecified atom stereocenters. The zero-order chi connectivity index (χ0) is 7.68. The van der Waals surface area contributed by atoms with E-state index in [4.69, 9.17) is 11.3 Å². The molecule has 2 aliphatic rings. The largest absolute Gasteiger partial charge is 0.375 e. The lowest BCUT2D eigenvalue weighted by Crippen LogP contribution is -2.16. The Morgan fingerprint density at radius 1 is 1.45 bits per heavy atom. The molecular weight excluding hydrogens is 138 g/mol. The van der Waals surface area contributed by atoms with Crippen molar-refractivity contribution in [1.29, 1.82) is 0 Å². The molecule has 0 saturated carbocycles. The molecule has 0 aromatic carbocycles. The zero-order valence-corrected chi connectivity index (χ0v) is 6.62. The highest BCUT2D eigenvalue weighted by atomic mass is 16.5. The molecule has 0 amide bonds. The van der Waals surface area contributed by atoms with Gasteiger partial charge in [-0.2, -0.15) is 0 Å². The average Bonchev–Trinajstić information content (AvgIpc) is 2.60. The van der Waals surface area contributed by atoms with Gasteiger partial charge in [-0.25, -0.2) is 6.57 Å². The number of hydrogen-bond acceptors (Lipinski definition) is 1. The Kier molecular flexibility index (Phi) is 1.83. The van der Waals surface area contributed by atoms with E-state index < -0.39 is 0 Å². The lowest BCUT2D eigenvalue weighted by Gasteiger charge is -2.15. The third kappa shape index (κ3) is 1.25. The van der Waals surface area contributed by atoms with E-state index in [1.165, 1.54) is 19.3 Å². The highest BCUT2D eigenvalue weighted by molar-refractivity contribution is 4.90. The lowest BCUT2D eigenvalue weighted by atomic mass is 9.87. The standard InChI is InChI=1S/C9H13NO/c1-10-5-4-7-6-8-2-3-9(7)11-8/h7-9H,2-6H2. The number of rotatable bonds is 2. The average molecular weight is 151 g/mol. The van der Waals surface area contributed by atoms with Crippen LogP contribution in [0.1, 0.15) is 25.7 Å². The van der Waals surface area contributed by atoms with Gasteiger partial charge in [-0.1, -0.05) is 0 Å². The third-order valence-electron chi connectivity index (χ3n) is 2.84. The van der Waals surface area contributed by atoms with E-state index in [0.29, 0.717) is 24.7 Å². The number of fused-ring (bicyclic) bond motifs is 2. The van der Waals surface area contributed by atoms with Crippen LogP contribution in [0.5, 0.6) is 0 Å². The third-order valence-corrected chi connectivity index (χ3v) is 2.84. The van der Waals surface area contributed by atoms with Gasteiger partial charge in [0.05, 0.1) is 12.2 Å². The van der Waals surface area contributed by atoms with Crippen LogP contribution in [0.2, 0.25) is 0 Å². The van der Waals surface area contributed by atoms with Gasteiger partial charge in [-0.3, -0.25) is 0 Å². The van der Waals surface area contributed by atoms with Gasteiger partial charge < -0.3 is 9.58 Å². The molecule has 2 saturated heterocycles. The second kappa shape index (κ2) is 2.83. The zero-order valence-electron chi connectivity index (χ0n) is 6.62. The summed E-state index contributed by atoms with van der Waals surface area (Å²) in [6, 6.07) is 0. The molecule has 2 heterocycles. The molecule has 3 atom stereocenters. The van der Waals surface area contributed by atoms with Crippen molar-refractivity contribution >= 4 is 0 Å². The summed E-state index contributed by atoms with van der Waals surface area (Å²) in [5, 5.41) is 0. The normalized spacial score (nSPS) is 40.8. The Hall–Kier alpha value is -0.550. The molecule has 60 valence electrons. The molecule has 2 nitrogen and oxygen atoms in total. The predicted molar refractivity (Wildman–Crippen MR) is 42.1 cm³/mol. The first-order chi connectivity index (χ1) is 5.40. The quantitative estimate of drug-likeness (QED) is 0.549. The second-order valence-electron chi connectivity index (χ2n) is 3.54. The first-order valence-electron chi connectivity index (χ1n) is 4.39. The summed E-state index contributed by atoms with van der Waals surface area (Å²) < 4.78 is 5.68. The SMILES string of the molecule is [C-]#[N+]CCC1CC2CCC1O2. The molecule has 0 N–H and O–H groups in total. The molecule has 2 fully saturated rings. The molecule has 0 aromatic rings. The highest BCUT2D eigenvalue weighted by Crippen LogP contribution is 2.40. The van der Waals surface area contributed by atoms with Crippen molar-refractivity contribution < 1.29 is 4.74 Å². The van der Waals surface area contributed by atoms with Gasteiger partial charge >= 0.3 is 0 Å². The van der Waals surface area contributed by atoms with E-state index in [-0.39, 0.29) is 0 Å². The fourth-order valence-corrected chi connectivity index (χ4v) is 2.28. The summed E-state index contributed by atoms with van der Waals surface area (Å²) in [6.45, 7) is 7.38. The molecule has 2 aliphatic heterocycles. The Bertz CT molecular complexity index is 184. The Balaban J connectivity index is 1.84. The van der Waals surface area contributed by atoms with Crippen molar-refractivity contribution in [2.24, 2.45) is 5.92 Å². The van der Waals surface area contributed by atoms with E-state index in [9.17, 15) is 0 Å². The van der Waals surface area contributed by atoms with Crippen LogP contribution in [-0.2, 0) is 4.74 Å². The van der Waals surface area contributed by atoms with Gasteiger partial charge in [0.1, 0.15) is 0 Å². The lowest BCUT2D eigenvalue weighted by molar-refractivity contribution is 0.0919. The molecule has 2 bridgehead atoms. The van der Waals surface area contributed by atoms with Crippen LogP contribution in [0.3, 0.4) is 0 Å². The minimum absolute atomic E-state index is 0.516. The minimum atomic E-state index is 0.516. The smallest absolute Gasteiger partial charge is 0.215 e. The summed E-state index contributed by atoms with van der Waals surface area (Å²) in [5.74, 6) is 0.711. The van der Waals surface area contributed by atoms with E-state index in [0.717, 1.165) is 6.42 Å². The van der Waals surface area contributed by atoms with Crippen LogP contribution in [0.15, 0.2) is 0 Å². The Morgan fingerprint density at radius 3 is 2.91 bits per heavy atom. The maximum Gasteiger partial charge on any atom is 0.215 e. The number of nitrogens with zero attached hydrogens (tertiary/aromatic N) is 1. The van der Waals surface area contributed by atoms with E-state index >= 15 is 0 Å². The summed E-state index contributed by atoms with van der Waals surface area (Å²) in [7, 11) is 0. The molecule has 0 aromatic heterocycles. The Labute approximate surface area is 67.4 Å². The van der Waals surface area contributed by atoms with Crippen LogP contribution < -0.4 is 0 Å². The maximum absolute atomic E-state index is 6.68. The topological polar surface area (TPSA) is 13.6 Å². The van der Waals surface area contributed by atoms with Crippen molar-refractivity contribution in [2.45, 2.75) is 37.9 Å². The van der Waals surface area contributed by atoms with Crippen molar-refractivity contribution in [2.75, 3.05) is 6.54 Å². The minimum Gasteiger partial charge on any atom is -0.375 e. The van der Waals surface area contributed by atoms with Gasteiger partial charge in [0.2, 0.25) is 6.54 Å². The fraction of sp³-hybridized carbons (Fsp3) is 0.889. The molecule has 0 aliphatic carbocycles. The number of ether oxygens (including phenoxy) is 1. The molecule has 2 heteroatoms. The van der Waals surface area contributed by atoms with Crippen LogP contribution >= 0.6 is 0 Å². The first-order valence-corrected chi connectivity index (χ1v) is 4.39. The summed E-state index contributed by atoms with van der Waals surface area (Å²) >= 11 is 0. The molecule has 2 rings (SSSR count). The Morgan fingerprint density at radius 2 is 2.36 bits per heavy atom. The maximum atomic E-state index is 6.68. The van der Waals surface area contributed by atoms with Gasteiger partial charge in [0.25, 0.3) is 0 Å². The van der Waals surface area contributed by atoms with Crippen molar-refractivity contribution in [3.05, 3.63) is 11.4 Å². The highest BCUT2D eigenvalue weighted by Gasteiger charge is 2.40. The van der Waals surface area contributed by atoms with Crippen molar-refractivity contribution in [3.8, 4) is 0 Å². The van der Waals surface area contributed by atoms with Gasteiger partial charge in [-0.05, 0) is 25.2 Å². The molecule has 0 spiro atoms. The summed E-state index contributed by atoms with van der Waals surface area (Å²) in [6.07, 6.45) is 5.86. The number of hydrogen-bond donors (Lipinski definition) is 0. The molecule has 11 heavy (non-hydrogen) atoms. The molecule has 0 radical (unpaired) electrons. The van der Waals surface area contributed by atoms with E-state index in [2.05, 4.69) is 4.85 Å². The van der Waals surface area contributed by atoms with Gasteiger partial charge in [0.15, 0.2) is 0 Å². The van der Waals surface area contributed by atoms with Gasteiger partial charge in [-0.15, -0.1) is 0 Å². The van der Waals surface area contributed by atoms with Gasteiger partial charge in [0, 0.05) is 6.42 Å². The predicted octanol–water partition coefficient (Wildman–Crippen LogP) is 1.86. The van der Waals surface area contributed by atoms with Crippen molar-refractivity contribution in [3.63, 3.8) is 0 Å². The van der Waals surface area contributed by atoms with Crippen LogP contribution in [0, 0.1) is 12.5 Å². The monoisotopic (exact) mass is 151 g/mol. The van der Waals surface area contributed by atoms with E-state index in [1.807, 2.05) is 0 Å². The second-order valence-corrected chi connectivity index (χ2v) is 3.54. The fourth-order valence-electron chi connectivity index (χ4n) is 2.28. The van der Waals surface area contributed by atoms with Crippen LogP contribution in [-0.4, -0.2) is 18.8 Å². The van der Waals surface area contributed by atoms with Crippen LogP contribution in [0.4, 0.5) is 0 Å². The summed E-state index contributed by atoms with van der Waals surface area (Å²) in [4.78, 5) is 3.38. The first kappa shape index (κ1) is 7.12. The van der Waals surface area contributed by atoms with Crippen molar-refractivity contribution in [1.82, 2.24) is 0 Å². The van der Waals surface area contributed by atoms with E-state index in [1.54, 1.807) is 0 Å². The van der Waals surface area contributed by atoms with Crippen LogP contribution in [0.25, 0.3) is 4.85 Å².